The molecule has 1 saturated heterocycles. The SMILES string of the molecule is CC(CCN(C)C(C)c1ccccc1F)C1CCCNC1. The van der Waals surface area contributed by atoms with E-state index < -0.39 is 0 Å². The first-order chi connectivity index (χ1) is 10.1. The molecule has 0 aromatic heterocycles. The van der Waals surface area contributed by atoms with Crippen LogP contribution in [-0.2, 0) is 0 Å². The van der Waals surface area contributed by atoms with Gasteiger partial charge in [0.05, 0.1) is 0 Å². The van der Waals surface area contributed by atoms with E-state index in [-0.39, 0.29) is 11.9 Å². The maximum Gasteiger partial charge on any atom is 0.127 e. The van der Waals surface area contributed by atoms with E-state index >= 15 is 0 Å². The molecule has 1 aliphatic heterocycles. The Labute approximate surface area is 128 Å². The van der Waals surface area contributed by atoms with Crippen LogP contribution in [0.15, 0.2) is 24.3 Å². The van der Waals surface area contributed by atoms with Gasteiger partial charge in [-0.3, -0.25) is 4.90 Å². The smallest absolute Gasteiger partial charge is 0.127 e. The summed E-state index contributed by atoms with van der Waals surface area (Å²) in [6, 6.07) is 7.24. The molecule has 3 unspecified atom stereocenters. The third-order valence-electron chi connectivity index (χ3n) is 5.09. The molecule has 21 heavy (non-hydrogen) atoms. The van der Waals surface area contributed by atoms with Crippen molar-refractivity contribution in [1.82, 2.24) is 10.2 Å². The fourth-order valence-corrected chi connectivity index (χ4v) is 3.25. The summed E-state index contributed by atoms with van der Waals surface area (Å²) in [7, 11) is 2.10. The maximum absolute atomic E-state index is 13.9. The predicted octanol–water partition coefficient (Wildman–Crippen LogP) is 3.84. The molecule has 0 spiro atoms. The lowest BCUT2D eigenvalue weighted by Gasteiger charge is -2.31. The van der Waals surface area contributed by atoms with Crippen LogP contribution in [0.4, 0.5) is 4.39 Å². The van der Waals surface area contributed by atoms with Gasteiger partial charge in [-0.05, 0) is 70.8 Å². The largest absolute Gasteiger partial charge is 0.316 e. The summed E-state index contributed by atoms with van der Waals surface area (Å²) in [5.74, 6) is 1.44. The van der Waals surface area contributed by atoms with Crippen LogP contribution in [0.3, 0.4) is 0 Å². The third-order valence-corrected chi connectivity index (χ3v) is 5.09. The van der Waals surface area contributed by atoms with Gasteiger partial charge in [0.2, 0.25) is 0 Å². The number of nitrogens with one attached hydrogen (secondary N) is 1. The van der Waals surface area contributed by atoms with Gasteiger partial charge >= 0.3 is 0 Å². The van der Waals surface area contributed by atoms with E-state index in [1.54, 1.807) is 12.1 Å². The minimum atomic E-state index is -0.0959. The second kappa shape index (κ2) is 7.90. The second-order valence-electron chi connectivity index (χ2n) is 6.55. The number of rotatable bonds is 6. The molecule has 0 amide bonds. The molecule has 1 fully saturated rings. The summed E-state index contributed by atoms with van der Waals surface area (Å²) in [5, 5.41) is 3.50. The van der Waals surface area contributed by atoms with Crippen molar-refractivity contribution in [1.29, 1.82) is 0 Å². The quantitative estimate of drug-likeness (QED) is 0.857. The predicted molar refractivity (Wildman–Crippen MR) is 86.8 cm³/mol. The number of nitrogens with zero attached hydrogens (tertiary/aromatic N) is 1. The molecule has 0 saturated carbocycles. The van der Waals surface area contributed by atoms with E-state index in [4.69, 9.17) is 0 Å². The van der Waals surface area contributed by atoms with Crippen LogP contribution in [0.2, 0.25) is 0 Å². The highest BCUT2D eigenvalue weighted by Gasteiger charge is 2.21. The van der Waals surface area contributed by atoms with Crippen LogP contribution < -0.4 is 5.32 Å². The first kappa shape index (κ1) is 16.4. The molecule has 2 rings (SSSR count). The Kier molecular flexibility index (Phi) is 6.19. The Morgan fingerprint density at radius 1 is 1.33 bits per heavy atom. The Morgan fingerprint density at radius 3 is 2.76 bits per heavy atom. The lowest BCUT2D eigenvalue weighted by Crippen LogP contribution is -2.34. The Hall–Kier alpha value is -0.930. The Bertz CT molecular complexity index is 429. The van der Waals surface area contributed by atoms with E-state index in [2.05, 4.69) is 31.1 Å². The van der Waals surface area contributed by atoms with E-state index in [1.807, 2.05) is 12.1 Å². The summed E-state index contributed by atoms with van der Waals surface area (Å²) in [5.41, 5.74) is 0.798. The number of piperidine rings is 1. The van der Waals surface area contributed by atoms with Crippen molar-refractivity contribution in [2.24, 2.45) is 11.8 Å². The topological polar surface area (TPSA) is 15.3 Å². The second-order valence-corrected chi connectivity index (χ2v) is 6.55. The highest BCUT2D eigenvalue weighted by atomic mass is 19.1. The van der Waals surface area contributed by atoms with Gasteiger partial charge in [0.25, 0.3) is 0 Å². The zero-order chi connectivity index (χ0) is 15.2. The molecule has 2 nitrogen and oxygen atoms in total. The van der Waals surface area contributed by atoms with Crippen molar-refractivity contribution in [2.45, 2.75) is 39.2 Å². The lowest BCUT2D eigenvalue weighted by atomic mass is 9.85. The zero-order valence-corrected chi connectivity index (χ0v) is 13.6. The number of hydrogen-bond donors (Lipinski definition) is 1. The van der Waals surface area contributed by atoms with Crippen LogP contribution in [0.1, 0.15) is 44.7 Å². The van der Waals surface area contributed by atoms with Gasteiger partial charge in [-0.15, -0.1) is 0 Å². The Morgan fingerprint density at radius 2 is 2.10 bits per heavy atom. The standard InChI is InChI=1S/C18H29FN2/c1-14(16-7-6-11-20-13-16)10-12-21(3)15(2)17-8-4-5-9-18(17)19/h4-5,8-9,14-16,20H,6-7,10-13H2,1-3H3. The molecular formula is C18H29FN2. The molecule has 0 radical (unpaired) electrons. The highest BCUT2D eigenvalue weighted by Crippen LogP contribution is 2.25. The highest BCUT2D eigenvalue weighted by molar-refractivity contribution is 5.20. The Balaban J connectivity index is 1.83. The molecule has 0 aliphatic carbocycles. The molecule has 3 heteroatoms. The van der Waals surface area contributed by atoms with Crippen molar-refractivity contribution in [2.75, 3.05) is 26.7 Å². The van der Waals surface area contributed by atoms with Crippen LogP contribution in [0, 0.1) is 17.7 Å². The molecule has 0 bridgehead atoms. The fraction of sp³-hybridized carbons (Fsp3) is 0.667. The molecule has 1 heterocycles. The molecule has 1 N–H and O–H groups in total. The normalized spacial score (nSPS) is 22.2. The van der Waals surface area contributed by atoms with Gasteiger partial charge in [-0.1, -0.05) is 25.1 Å². The fourth-order valence-electron chi connectivity index (χ4n) is 3.25. The van der Waals surface area contributed by atoms with Crippen molar-refractivity contribution in [3.63, 3.8) is 0 Å². The summed E-state index contributed by atoms with van der Waals surface area (Å²) in [6.07, 6.45) is 3.83. The van der Waals surface area contributed by atoms with Crippen LogP contribution in [0.25, 0.3) is 0 Å². The average Bonchev–Trinajstić information content (AvgIpc) is 2.53. The third kappa shape index (κ3) is 4.52. The van der Waals surface area contributed by atoms with Gasteiger partial charge in [-0.25, -0.2) is 4.39 Å². The van der Waals surface area contributed by atoms with Gasteiger partial charge in [0.1, 0.15) is 5.82 Å². The molecule has 1 aromatic rings. The average molecular weight is 292 g/mol. The van der Waals surface area contributed by atoms with E-state index in [9.17, 15) is 4.39 Å². The molecule has 3 atom stereocenters. The first-order valence-electron chi connectivity index (χ1n) is 8.25. The minimum Gasteiger partial charge on any atom is -0.316 e. The van der Waals surface area contributed by atoms with Crippen molar-refractivity contribution < 1.29 is 4.39 Å². The van der Waals surface area contributed by atoms with Crippen molar-refractivity contribution in [3.8, 4) is 0 Å². The van der Waals surface area contributed by atoms with Gasteiger partial charge in [0, 0.05) is 11.6 Å². The number of halogens is 1. The zero-order valence-electron chi connectivity index (χ0n) is 13.6. The molecule has 1 aliphatic rings. The molecule has 118 valence electrons. The summed E-state index contributed by atoms with van der Waals surface area (Å²) < 4.78 is 13.9. The van der Waals surface area contributed by atoms with Gasteiger partial charge in [-0.2, -0.15) is 0 Å². The van der Waals surface area contributed by atoms with Gasteiger partial charge < -0.3 is 5.32 Å². The monoisotopic (exact) mass is 292 g/mol. The minimum absolute atomic E-state index is 0.0959. The number of hydrogen-bond acceptors (Lipinski definition) is 2. The lowest BCUT2D eigenvalue weighted by molar-refractivity contribution is 0.203. The summed E-state index contributed by atoms with van der Waals surface area (Å²) >= 11 is 0. The van der Waals surface area contributed by atoms with Gasteiger partial charge in [0.15, 0.2) is 0 Å². The summed E-state index contributed by atoms with van der Waals surface area (Å²) in [4.78, 5) is 2.27. The summed E-state index contributed by atoms with van der Waals surface area (Å²) in [6.45, 7) is 7.80. The van der Waals surface area contributed by atoms with Crippen LogP contribution in [-0.4, -0.2) is 31.6 Å². The van der Waals surface area contributed by atoms with E-state index in [1.165, 1.54) is 25.8 Å². The molecule has 1 aromatic carbocycles. The van der Waals surface area contributed by atoms with E-state index in [0.29, 0.717) is 0 Å². The van der Waals surface area contributed by atoms with Crippen molar-refractivity contribution >= 4 is 0 Å². The number of benzene rings is 1. The molecular weight excluding hydrogens is 263 g/mol. The van der Waals surface area contributed by atoms with Crippen molar-refractivity contribution in [3.05, 3.63) is 35.6 Å². The first-order valence-corrected chi connectivity index (χ1v) is 8.25. The van der Waals surface area contributed by atoms with Crippen LogP contribution in [0.5, 0.6) is 0 Å². The maximum atomic E-state index is 13.9. The van der Waals surface area contributed by atoms with E-state index in [0.717, 1.165) is 30.5 Å². The van der Waals surface area contributed by atoms with Crippen LogP contribution >= 0.6 is 0 Å².